The van der Waals surface area contributed by atoms with Crippen LogP contribution in [0.1, 0.15) is 0 Å². The van der Waals surface area contributed by atoms with Crippen molar-refractivity contribution >= 4 is 49.3 Å². The number of rotatable bonds is 8. The van der Waals surface area contributed by atoms with Gasteiger partial charge < -0.3 is 5.32 Å². The summed E-state index contributed by atoms with van der Waals surface area (Å²) in [5.41, 5.74) is 0.458. The average Bonchev–Trinajstić information content (AvgIpc) is 2.57. The summed E-state index contributed by atoms with van der Waals surface area (Å²) in [5.74, 6) is 0.384. The molecule has 2 rings (SSSR count). The lowest BCUT2D eigenvalue weighted by atomic mass is 10.3. The van der Waals surface area contributed by atoms with Crippen molar-refractivity contribution in [3.63, 3.8) is 0 Å². The predicted octanol–water partition coefficient (Wildman–Crippen LogP) is 3.12. The van der Waals surface area contributed by atoms with Gasteiger partial charge in [-0.1, -0.05) is 34.1 Å². The van der Waals surface area contributed by atoms with E-state index in [0.29, 0.717) is 18.0 Å². The molecule has 0 aliphatic carbocycles. The maximum atomic E-state index is 12.1. The second-order valence-corrected chi connectivity index (χ2v) is 9.25. The van der Waals surface area contributed by atoms with Crippen LogP contribution in [0.5, 0.6) is 0 Å². The van der Waals surface area contributed by atoms with Gasteiger partial charge in [-0.05, 0) is 36.4 Å². The van der Waals surface area contributed by atoms with Gasteiger partial charge >= 0.3 is 0 Å². The SMILES string of the molecule is CS(=O)(=O)N(CC(=O)NCCSc1ccccc1)c1ccc(Br)cc1. The number of carbonyl (C=O) groups is 1. The van der Waals surface area contributed by atoms with Crippen molar-refractivity contribution in [2.45, 2.75) is 4.90 Å². The minimum Gasteiger partial charge on any atom is -0.354 e. The number of sulfonamides is 1. The van der Waals surface area contributed by atoms with Gasteiger partial charge in [-0.3, -0.25) is 9.10 Å². The molecule has 0 aliphatic rings. The van der Waals surface area contributed by atoms with Crippen molar-refractivity contribution in [1.82, 2.24) is 5.32 Å². The first-order valence-corrected chi connectivity index (χ1v) is 11.2. The first-order chi connectivity index (χ1) is 11.9. The lowest BCUT2D eigenvalue weighted by molar-refractivity contribution is -0.119. The van der Waals surface area contributed by atoms with E-state index in [4.69, 9.17) is 0 Å². The summed E-state index contributed by atoms with van der Waals surface area (Å²) in [6, 6.07) is 16.7. The van der Waals surface area contributed by atoms with E-state index in [2.05, 4.69) is 21.2 Å². The average molecular weight is 443 g/mol. The Balaban J connectivity index is 1.88. The van der Waals surface area contributed by atoms with Gasteiger partial charge in [0.15, 0.2) is 0 Å². The monoisotopic (exact) mass is 442 g/mol. The van der Waals surface area contributed by atoms with E-state index in [-0.39, 0.29) is 12.5 Å². The van der Waals surface area contributed by atoms with Crippen molar-refractivity contribution < 1.29 is 13.2 Å². The van der Waals surface area contributed by atoms with Crippen LogP contribution in [0.15, 0.2) is 64.0 Å². The van der Waals surface area contributed by atoms with Crippen LogP contribution in [0.2, 0.25) is 0 Å². The Morgan fingerprint density at radius 1 is 1.12 bits per heavy atom. The van der Waals surface area contributed by atoms with Crippen molar-refractivity contribution in [2.75, 3.05) is 29.4 Å². The Hall–Kier alpha value is -1.51. The lowest BCUT2D eigenvalue weighted by Gasteiger charge is -2.21. The standard InChI is InChI=1S/C17H19BrN2O3S2/c1-25(22,23)20(15-9-7-14(18)8-10-15)13-17(21)19-11-12-24-16-5-3-2-4-6-16/h2-10H,11-13H2,1H3,(H,19,21). The molecule has 134 valence electrons. The molecule has 1 N–H and O–H groups in total. The summed E-state index contributed by atoms with van der Waals surface area (Å²) in [5, 5.41) is 2.76. The molecule has 8 heteroatoms. The molecule has 1 amide bonds. The Kier molecular flexibility index (Phi) is 7.34. The Labute approximate surface area is 161 Å². The Morgan fingerprint density at radius 3 is 2.36 bits per heavy atom. The maximum Gasteiger partial charge on any atom is 0.240 e. The summed E-state index contributed by atoms with van der Waals surface area (Å²) < 4.78 is 25.9. The highest BCUT2D eigenvalue weighted by molar-refractivity contribution is 9.10. The molecule has 0 aromatic heterocycles. The first-order valence-electron chi connectivity index (χ1n) is 7.54. The van der Waals surface area contributed by atoms with Crippen LogP contribution in [0.25, 0.3) is 0 Å². The molecule has 0 aliphatic heterocycles. The van der Waals surface area contributed by atoms with Gasteiger partial charge in [0.05, 0.1) is 11.9 Å². The highest BCUT2D eigenvalue weighted by Gasteiger charge is 2.20. The fourth-order valence-corrected chi connectivity index (χ4v) is 3.98. The number of amides is 1. The summed E-state index contributed by atoms with van der Waals surface area (Å²) in [4.78, 5) is 13.2. The van der Waals surface area contributed by atoms with Gasteiger partial charge in [0.1, 0.15) is 6.54 Å². The van der Waals surface area contributed by atoms with Crippen LogP contribution < -0.4 is 9.62 Å². The number of halogens is 1. The summed E-state index contributed by atoms with van der Waals surface area (Å²) >= 11 is 4.94. The molecule has 5 nitrogen and oxygen atoms in total. The zero-order valence-corrected chi connectivity index (χ0v) is 16.9. The maximum absolute atomic E-state index is 12.1. The molecule has 0 spiro atoms. The third-order valence-corrected chi connectivity index (χ3v) is 5.92. The number of benzene rings is 2. The minimum atomic E-state index is -3.55. The number of nitrogens with zero attached hydrogens (tertiary/aromatic N) is 1. The number of anilines is 1. The van der Waals surface area contributed by atoms with E-state index in [1.807, 2.05) is 30.3 Å². The number of nitrogens with one attached hydrogen (secondary N) is 1. The van der Waals surface area contributed by atoms with E-state index in [1.54, 1.807) is 36.0 Å². The van der Waals surface area contributed by atoms with Gasteiger partial charge in [-0.25, -0.2) is 8.42 Å². The van der Waals surface area contributed by atoms with Crippen LogP contribution >= 0.6 is 27.7 Å². The minimum absolute atomic E-state index is 0.240. The van der Waals surface area contributed by atoms with E-state index >= 15 is 0 Å². The van der Waals surface area contributed by atoms with Crippen LogP contribution in [-0.2, 0) is 14.8 Å². The highest BCUT2D eigenvalue weighted by Crippen LogP contribution is 2.20. The number of hydrogen-bond donors (Lipinski definition) is 1. The third kappa shape index (κ3) is 6.72. The van der Waals surface area contributed by atoms with Gasteiger partial charge in [-0.15, -0.1) is 11.8 Å². The molecule has 0 saturated heterocycles. The molecule has 0 atom stereocenters. The molecule has 2 aromatic carbocycles. The zero-order chi connectivity index (χ0) is 18.3. The molecule has 2 aromatic rings. The molecular weight excluding hydrogens is 424 g/mol. The second kappa shape index (κ2) is 9.26. The molecule has 0 saturated carbocycles. The highest BCUT2D eigenvalue weighted by atomic mass is 79.9. The number of hydrogen-bond acceptors (Lipinski definition) is 4. The van der Waals surface area contributed by atoms with Crippen LogP contribution in [0.3, 0.4) is 0 Å². The number of thioether (sulfide) groups is 1. The largest absolute Gasteiger partial charge is 0.354 e. The van der Waals surface area contributed by atoms with Crippen molar-refractivity contribution in [3.8, 4) is 0 Å². The summed E-state index contributed by atoms with van der Waals surface area (Å²) in [6.07, 6.45) is 1.09. The topological polar surface area (TPSA) is 66.5 Å². The smallest absolute Gasteiger partial charge is 0.240 e. The lowest BCUT2D eigenvalue weighted by Crippen LogP contribution is -2.41. The van der Waals surface area contributed by atoms with Gasteiger partial charge in [0.25, 0.3) is 0 Å². The quantitative estimate of drug-likeness (QED) is 0.503. The molecule has 0 radical (unpaired) electrons. The first kappa shape index (κ1) is 19.8. The third-order valence-electron chi connectivity index (χ3n) is 3.24. The zero-order valence-electron chi connectivity index (χ0n) is 13.7. The van der Waals surface area contributed by atoms with Gasteiger partial charge in [-0.2, -0.15) is 0 Å². The van der Waals surface area contributed by atoms with E-state index < -0.39 is 10.0 Å². The molecule has 0 bridgehead atoms. The molecule has 0 fully saturated rings. The van der Waals surface area contributed by atoms with Crippen LogP contribution in [0.4, 0.5) is 5.69 Å². The fourth-order valence-electron chi connectivity index (χ4n) is 2.07. The van der Waals surface area contributed by atoms with E-state index in [9.17, 15) is 13.2 Å². The molecule has 0 unspecified atom stereocenters. The van der Waals surface area contributed by atoms with E-state index in [1.165, 1.54) is 0 Å². The number of carbonyl (C=O) groups excluding carboxylic acids is 1. The normalized spacial score (nSPS) is 11.1. The van der Waals surface area contributed by atoms with Crippen molar-refractivity contribution in [2.24, 2.45) is 0 Å². The predicted molar refractivity (Wildman–Crippen MR) is 107 cm³/mol. The van der Waals surface area contributed by atoms with Crippen LogP contribution in [0, 0.1) is 0 Å². The van der Waals surface area contributed by atoms with Crippen molar-refractivity contribution in [3.05, 3.63) is 59.1 Å². The van der Waals surface area contributed by atoms with Gasteiger partial charge in [0.2, 0.25) is 15.9 Å². The summed E-state index contributed by atoms with van der Waals surface area (Å²) in [6.45, 7) is 0.229. The van der Waals surface area contributed by atoms with Crippen molar-refractivity contribution in [1.29, 1.82) is 0 Å². The Morgan fingerprint density at radius 2 is 1.76 bits per heavy atom. The Bertz CT molecular complexity index is 796. The van der Waals surface area contributed by atoms with E-state index in [0.717, 1.165) is 19.9 Å². The summed E-state index contributed by atoms with van der Waals surface area (Å²) in [7, 11) is -3.55. The molecular formula is C17H19BrN2O3S2. The molecule has 25 heavy (non-hydrogen) atoms. The fraction of sp³-hybridized carbons (Fsp3) is 0.235. The second-order valence-electron chi connectivity index (χ2n) is 5.26. The molecule has 0 heterocycles. The van der Waals surface area contributed by atoms with Gasteiger partial charge in [0, 0.05) is 21.7 Å². The van der Waals surface area contributed by atoms with Crippen LogP contribution in [-0.4, -0.2) is 39.4 Å².